The van der Waals surface area contributed by atoms with Crippen LogP contribution in [0.2, 0.25) is 0 Å². The Labute approximate surface area is 181 Å². The van der Waals surface area contributed by atoms with E-state index in [-0.39, 0.29) is 12.0 Å². The number of aryl methyl sites for hydroxylation is 1. The number of ether oxygens (including phenoxy) is 2. The molecule has 3 aromatic rings. The highest BCUT2D eigenvalue weighted by Gasteiger charge is 2.27. The van der Waals surface area contributed by atoms with Crippen molar-refractivity contribution >= 4 is 16.8 Å². The second-order valence-corrected chi connectivity index (χ2v) is 8.06. The van der Waals surface area contributed by atoms with Gasteiger partial charge in [-0.15, -0.1) is 0 Å². The Kier molecular flexibility index (Phi) is 5.67. The number of rotatable bonds is 4. The van der Waals surface area contributed by atoms with Crippen LogP contribution in [0, 0.1) is 0 Å². The van der Waals surface area contributed by atoms with E-state index in [1.165, 1.54) is 0 Å². The molecule has 0 bridgehead atoms. The summed E-state index contributed by atoms with van der Waals surface area (Å²) in [6.45, 7) is 5.41. The second kappa shape index (κ2) is 8.74. The summed E-state index contributed by atoms with van der Waals surface area (Å²) in [5, 5.41) is 5.14. The lowest BCUT2D eigenvalue weighted by molar-refractivity contribution is -0.0355. The van der Waals surface area contributed by atoms with Crippen molar-refractivity contribution in [1.82, 2.24) is 24.6 Å². The third-order valence-corrected chi connectivity index (χ3v) is 6.05. The van der Waals surface area contributed by atoms with E-state index < -0.39 is 0 Å². The molecule has 2 aromatic heterocycles. The van der Waals surface area contributed by atoms with Gasteiger partial charge in [0.15, 0.2) is 0 Å². The van der Waals surface area contributed by atoms with Gasteiger partial charge in [0, 0.05) is 51.4 Å². The molecule has 8 nitrogen and oxygen atoms in total. The molecule has 0 saturated carbocycles. The predicted octanol–water partition coefficient (Wildman–Crippen LogP) is 2.01. The van der Waals surface area contributed by atoms with E-state index in [2.05, 4.69) is 10.00 Å². The minimum absolute atomic E-state index is 0.0331. The Morgan fingerprint density at radius 2 is 1.97 bits per heavy atom. The first-order valence-electron chi connectivity index (χ1n) is 10.8. The van der Waals surface area contributed by atoms with Crippen LogP contribution in [0.3, 0.4) is 0 Å². The Morgan fingerprint density at radius 3 is 2.77 bits per heavy atom. The first kappa shape index (κ1) is 20.1. The molecular weight excluding hydrogens is 394 g/mol. The van der Waals surface area contributed by atoms with Gasteiger partial charge in [0.05, 0.1) is 42.3 Å². The van der Waals surface area contributed by atoms with Crippen molar-refractivity contribution in [2.45, 2.75) is 12.6 Å². The Balaban J connectivity index is 1.44. The van der Waals surface area contributed by atoms with E-state index in [1.807, 2.05) is 59.2 Å². The number of hydrogen-bond donors (Lipinski definition) is 0. The zero-order chi connectivity index (χ0) is 21.2. The number of hydrogen-bond acceptors (Lipinski definition) is 6. The van der Waals surface area contributed by atoms with Gasteiger partial charge in [-0.1, -0.05) is 18.2 Å². The van der Waals surface area contributed by atoms with Gasteiger partial charge in [0.25, 0.3) is 5.91 Å². The van der Waals surface area contributed by atoms with Crippen LogP contribution in [-0.2, 0) is 23.1 Å². The van der Waals surface area contributed by atoms with Crippen molar-refractivity contribution in [3.63, 3.8) is 0 Å². The summed E-state index contributed by atoms with van der Waals surface area (Å²) < 4.78 is 13.4. The first-order chi connectivity index (χ1) is 15.2. The zero-order valence-corrected chi connectivity index (χ0v) is 17.7. The molecule has 8 heteroatoms. The largest absolute Gasteiger partial charge is 0.378 e. The van der Waals surface area contributed by atoms with E-state index >= 15 is 0 Å². The number of aromatic nitrogens is 3. The maximum atomic E-state index is 13.3. The number of carbonyl (C=O) groups is 1. The number of para-hydroxylation sites is 1. The van der Waals surface area contributed by atoms with E-state index in [0.717, 1.165) is 41.9 Å². The number of pyridine rings is 1. The van der Waals surface area contributed by atoms with Gasteiger partial charge in [0.1, 0.15) is 6.10 Å². The van der Waals surface area contributed by atoms with Crippen LogP contribution >= 0.6 is 0 Å². The maximum Gasteiger partial charge on any atom is 0.254 e. The summed E-state index contributed by atoms with van der Waals surface area (Å²) in [4.78, 5) is 22.4. The Hall–Kier alpha value is -2.81. The molecule has 0 unspecified atom stereocenters. The van der Waals surface area contributed by atoms with Gasteiger partial charge < -0.3 is 14.4 Å². The fourth-order valence-corrected chi connectivity index (χ4v) is 4.29. The number of nitrogens with zero attached hydrogens (tertiary/aromatic N) is 5. The molecule has 0 N–H and O–H groups in total. The highest BCUT2D eigenvalue weighted by atomic mass is 16.5. The quantitative estimate of drug-likeness (QED) is 0.642. The molecule has 0 aliphatic carbocycles. The third-order valence-electron chi connectivity index (χ3n) is 6.05. The molecule has 2 saturated heterocycles. The lowest BCUT2D eigenvalue weighted by Gasteiger charge is -2.33. The topological polar surface area (TPSA) is 72.7 Å². The minimum Gasteiger partial charge on any atom is -0.378 e. The van der Waals surface area contributed by atoms with Crippen LogP contribution in [0.4, 0.5) is 0 Å². The summed E-state index contributed by atoms with van der Waals surface area (Å²) in [7, 11) is 1.96. The maximum absolute atomic E-state index is 13.3. The second-order valence-electron chi connectivity index (χ2n) is 8.06. The lowest BCUT2D eigenvalue weighted by Crippen LogP contribution is -2.41. The van der Waals surface area contributed by atoms with Crippen molar-refractivity contribution in [2.24, 2.45) is 7.05 Å². The fourth-order valence-electron chi connectivity index (χ4n) is 4.29. The van der Waals surface area contributed by atoms with Crippen molar-refractivity contribution in [3.05, 3.63) is 59.5 Å². The van der Waals surface area contributed by atoms with Crippen molar-refractivity contribution in [2.75, 3.05) is 46.0 Å². The van der Waals surface area contributed by atoms with Crippen LogP contribution in [0.25, 0.3) is 10.9 Å². The molecule has 31 heavy (non-hydrogen) atoms. The smallest absolute Gasteiger partial charge is 0.254 e. The first-order valence-corrected chi connectivity index (χ1v) is 10.8. The summed E-state index contributed by atoms with van der Waals surface area (Å²) in [5.41, 5.74) is 3.49. The van der Waals surface area contributed by atoms with Gasteiger partial charge >= 0.3 is 0 Å². The van der Waals surface area contributed by atoms with Crippen LogP contribution in [0.1, 0.15) is 27.8 Å². The molecular formula is C23H27N5O3. The standard InChI is InChI=1S/C23H27N5O3/c1-26-17(6-7-24-26)15-27-8-13-31-22(16-27)21-14-19(18-4-2-3-5-20(18)25-21)23(29)28-9-11-30-12-10-28/h2-7,14,22H,8-13,15-16H2,1H3/t22-/m1/s1. The highest BCUT2D eigenvalue weighted by Crippen LogP contribution is 2.27. The number of amides is 1. The summed E-state index contributed by atoms with van der Waals surface area (Å²) in [6, 6.07) is 11.8. The van der Waals surface area contributed by atoms with Gasteiger partial charge in [-0.2, -0.15) is 5.10 Å². The van der Waals surface area contributed by atoms with Gasteiger partial charge in [-0.25, -0.2) is 4.98 Å². The Morgan fingerprint density at radius 1 is 1.13 bits per heavy atom. The van der Waals surface area contributed by atoms with Crippen LogP contribution < -0.4 is 0 Å². The van der Waals surface area contributed by atoms with Gasteiger partial charge in [-0.3, -0.25) is 14.4 Å². The summed E-state index contributed by atoms with van der Waals surface area (Å²) in [5.74, 6) is 0.0331. The van der Waals surface area contributed by atoms with E-state index in [1.54, 1.807) is 0 Å². The molecule has 2 fully saturated rings. The molecule has 2 aliphatic rings. The average Bonchev–Trinajstić information content (AvgIpc) is 3.22. The normalized spacial score (nSPS) is 20.3. The predicted molar refractivity (Wildman–Crippen MR) is 116 cm³/mol. The monoisotopic (exact) mass is 421 g/mol. The molecule has 1 aromatic carbocycles. The highest BCUT2D eigenvalue weighted by molar-refractivity contribution is 6.06. The molecule has 0 spiro atoms. The number of carbonyl (C=O) groups excluding carboxylic acids is 1. The van der Waals surface area contributed by atoms with Crippen molar-refractivity contribution in [3.8, 4) is 0 Å². The molecule has 4 heterocycles. The molecule has 1 amide bonds. The van der Waals surface area contributed by atoms with Crippen LogP contribution in [0.15, 0.2) is 42.6 Å². The van der Waals surface area contributed by atoms with E-state index in [0.29, 0.717) is 38.5 Å². The third kappa shape index (κ3) is 4.19. The molecule has 162 valence electrons. The fraction of sp³-hybridized carbons (Fsp3) is 0.435. The van der Waals surface area contributed by atoms with Crippen LogP contribution in [0.5, 0.6) is 0 Å². The van der Waals surface area contributed by atoms with E-state index in [4.69, 9.17) is 14.5 Å². The SMILES string of the molecule is Cn1nccc1CN1CCO[C@@H](c2cc(C(=O)N3CCOCC3)c3ccccc3n2)C1. The average molecular weight is 422 g/mol. The van der Waals surface area contributed by atoms with Crippen LogP contribution in [-0.4, -0.2) is 76.5 Å². The zero-order valence-electron chi connectivity index (χ0n) is 17.7. The number of benzene rings is 1. The van der Waals surface area contributed by atoms with Gasteiger partial charge in [-0.05, 0) is 18.2 Å². The summed E-state index contributed by atoms with van der Waals surface area (Å²) >= 11 is 0. The van der Waals surface area contributed by atoms with E-state index in [9.17, 15) is 4.79 Å². The molecule has 0 radical (unpaired) electrons. The van der Waals surface area contributed by atoms with Crippen molar-refractivity contribution < 1.29 is 14.3 Å². The molecule has 1 atom stereocenters. The summed E-state index contributed by atoms with van der Waals surface area (Å²) in [6.07, 6.45) is 1.64. The number of morpholine rings is 2. The van der Waals surface area contributed by atoms with Crippen molar-refractivity contribution in [1.29, 1.82) is 0 Å². The molecule has 5 rings (SSSR count). The lowest BCUT2D eigenvalue weighted by atomic mass is 10.0. The minimum atomic E-state index is -0.178. The Bertz CT molecular complexity index is 1080. The van der Waals surface area contributed by atoms with Gasteiger partial charge in [0.2, 0.25) is 0 Å². The number of fused-ring (bicyclic) bond motifs is 1. The molecule has 2 aliphatic heterocycles.